The number of rotatable bonds is 11. The minimum absolute atomic E-state index is 0.221. The SMILES string of the molecule is CCC(C)C(NC(=O)CNC(=O)C(N)Cc1cnc[nH]1)C(=O)NCC(=O)O. The molecule has 0 aliphatic rings. The van der Waals surface area contributed by atoms with Gasteiger partial charge in [0.25, 0.3) is 0 Å². The predicted molar refractivity (Wildman–Crippen MR) is 95.3 cm³/mol. The summed E-state index contributed by atoms with van der Waals surface area (Å²) in [5.74, 6) is -3.09. The summed E-state index contributed by atoms with van der Waals surface area (Å²) in [6.07, 6.45) is 3.84. The van der Waals surface area contributed by atoms with Crippen LogP contribution in [0, 0.1) is 5.92 Å². The highest BCUT2D eigenvalue weighted by atomic mass is 16.4. The molecule has 0 bridgehead atoms. The molecule has 11 nitrogen and oxygen atoms in total. The van der Waals surface area contributed by atoms with Crippen molar-refractivity contribution in [1.82, 2.24) is 25.9 Å². The molecule has 0 aliphatic carbocycles. The first-order valence-corrected chi connectivity index (χ1v) is 8.54. The monoisotopic (exact) mass is 382 g/mol. The summed E-state index contributed by atoms with van der Waals surface area (Å²) in [5, 5.41) is 15.8. The van der Waals surface area contributed by atoms with Crippen molar-refractivity contribution in [3.8, 4) is 0 Å². The molecule has 1 heterocycles. The second-order valence-electron chi connectivity index (χ2n) is 6.15. The van der Waals surface area contributed by atoms with Crippen LogP contribution < -0.4 is 21.7 Å². The molecule has 0 aliphatic heterocycles. The van der Waals surface area contributed by atoms with E-state index in [0.29, 0.717) is 12.1 Å². The molecule has 11 heteroatoms. The number of H-pyrrole nitrogens is 1. The smallest absolute Gasteiger partial charge is 0.322 e. The number of carbonyl (C=O) groups is 4. The maximum Gasteiger partial charge on any atom is 0.322 e. The molecule has 0 aromatic carbocycles. The Bertz CT molecular complexity index is 648. The summed E-state index contributed by atoms with van der Waals surface area (Å²) < 4.78 is 0. The van der Waals surface area contributed by atoms with E-state index in [1.165, 1.54) is 6.33 Å². The highest BCUT2D eigenvalue weighted by Crippen LogP contribution is 2.07. The second kappa shape index (κ2) is 10.9. The van der Waals surface area contributed by atoms with E-state index in [1.807, 2.05) is 6.92 Å². The van der Waals surface area contributed by atoms with Gasteiger partial charge in [-0.1, -0.05) is 20.3 Å². The highest BCUT2D eigenvalue weighted by Gasteiger charge is 2.26. The third kappa shape index (κ3) is 7.86. The molecule has 27 heavy (non-hydrogen) atoms. The van der Waals surface area contributed by atoms with Gasteiger partial charge in [-0.2, -0.15) is 0 Å². The minimum atomic E-state index is -1.18. The number of nitrogens with one attached hydrogen (secondary N) is 4. The van der Waals surface area contributed by atoms with Crippen molar-refractivity contribution in [2.75, 3.05) is 13.1 Å². The van der Waals surface area contributed by atoms with Gasteiger partial charge in [-0.15, -0.1) is 0 Å². The Morgan fingerprint density at radius 1 is 1.22 bits per heavy atom. The molecule has 0 fully saturated rings. The third-order valence-corrected chi connectivity index (χ3v) is 3.98. The van der Waals surface area contributed by atoms with Gasteiger partial charge >= 0.3 is 5.97 Å². The summed E-state index contributed by atoms with van der Waals surface area (Å²) in [7, 11) is 0. The first kappa shape index (κ1) is 22.1. The van der Waals surface area contributed by atoms with Crippen molar-refractivity contribution in [2.45, 2.75) is 38.8 Å². The van der Waals surface area contributed by atoms with Gasteiger partial charge < -0.3 is 31.8 Å². The van der Waals surface area contributed by atoms with Gasteiger partial charge in [0.15, 0.2) is 0 Å². The van der Waals surface area contributed by atoms with Gasteiger partial charge in [-0.25, -0.2) is 4.98 Å². The molecule has 1 rings (SSSR count). The van der Waals surface area contributed by atoms with Gasteiger partial charge in [0.1, 0.15) is 12.6 Å². The van der Waals surface area contributed by atoms with Crippen LogP contribution in [-0.2, 0) is 25.6 Å². The lowest BCUT2D eigenvalue weighted by molar-refractivity contribution is -0.138. The lowest BCUT2D eigenvalue weighted by atomic mass is 9.98. The van der Waals surface area contributed by atoms with Gasteiger partial charge in [-0.05, 0) is 5.92 Å². The zero-order valence-corrected chi connectivity index (χ0v) is 15.3. The predicted octanol–water partition coefficient (Wildman–Crippen LogP) is -1.87. The number of hydrogen-bond acceptors (Lipinski definition) is 6. The van der Waals surface area contributed by atoms with E-state index in [0.717, 1.165) is 0 Å². The zero-order valence-electron chi connectivity index (χ0n) is 15.3. The summed E-state index contributed by atoms with van der Waals surface area (Å²) >= 11 is 0. The van der Waals surface area contributed by atoms with E-state index in [9.17, 15) is 19.2 Å². The Kier molecular flexibility index (Phi) is 8.93. The minimum Gasteiger partial charge on any atom is -0.480 e. The number of nitrogens with zero attached hydrogens (tertiary/aromatic N) is 1. The largest absolute Gasteiger partial charge is 0.480 e. The first-order valence-electron chi connectivity index (χ1n) is 8.54. The van der Waals surface area contributed by atoms with E-state index in [4.69, 9.17) is 10.8 Å². The van der Waals surface area contributed by atoms with Crippen LogP contribution in [0.25, 0.3) is 0 Å². The second-order valence-corrected chi connectivity index (χ2v) is 6.15. The average Bonchev–Trinajstić information content (AvgIpc) is 3.14. The number of nitrogens with two attached hydrogens (primary N) is 1. The summed E-state index contributed by atoms with van der Waals surface area (Å²) in [6, 6.07) is -1.76. The molecule has 0 radical (unpaired) electrons. The molecule has 3 unspecified atom stereocenters. The van der Waals surface area contributed by atoms with Crippen molar-refractivity contribution < 1.29 is 24.3 Å². The van der Waals surface area contributed by atoms with Crippen LogP contribution in [0.5, 0.6) is 0 Å². The van der Waals surface area contributed by atoms with Crippen LogP contribution in [0.4, 0.5) is 0 Å². The van der Waals surface area contributed by atoms with Gasteiger partial charge in [-0.3, -0.25) is 19.2 Å². The van der Waals surface area contributed by atoms with Gasteiger partial charge in [0, 0.05) is 18.3 Å². The van der Waals surface area contributed by atoms with Crippen LogP contribution in [0.2, 0.25) is 0 Å². The van der Waals surface area contributed by atoms with E-state index in [2.05, 4.69) is 25.9 Å². The fraction of sp³-hybridized carbons (Fsp3) is 0.562. The molecule has 0 saturated heterocycles. The van der Waals surface area contributed by atoms with Crippen molar-refractivity contribution in [3.63, 3.8) is 0 Å². The fourth-order valence-corrected chi connectivity index (χ4v) is 2.22. The first-order chi connectivity index (χ1) is 12.7. The van der Waals surface area contributed by atoms with E-state index >= 15 is 0 Å². The average molecular weight is 382 g/mol. The lowest BCUT2D eigenvalue weighted by Gasteiger charge is -2.23. The molecular formula is C16H26N6O5. The number of amides is 3. The summed E-state index contributed by atoms with van der Waals surface area (Å²) in [6.45, 7) is 2.70. The number of carboxylic acid groups (broad SMARTS) is 1. The summed E-state index contributed by atoms with van der Waals surface area (Å²) in [5.41, 5.74) is 6.46. The van der Waals surface area contributed by atoms with E-state index in [1.54, 1.807) is 13.1 Å². The highest BCUT2D eigenvalue weighted by molar-refractivity contribution is 5.92. The van der Waals surface area contributed by atoms with E-state index in [-0.39, 0.29) is 18.9 Å². The molecular weight excluding hydrogens is 356 g/mol. The number of carboxylic acids is 1. The van der Waals surface area contributed by atoms with Crippen molar-refractivity contribution in [2.24, 2.45) is 11.7 Å². The normalized spacial score (nSPS) is 13.9. The van der Waals surface area contributed by atoms with Gasteiger partial charge in [0.2, 0.25) is 17.7 Å². The van der Waals surface area contributed by atoms with Crippen molar-refractivity contribution in [3.05, 3.63) is 18.2 Å². The lowest BCUT2D eigenvalue weighted by Crippen LogP contribution is -2.54. The Morgan fingerprint density at radius 3 is 2.44 bits per heavy atom. The van der Waals surface area contributed by atoms with Crippen LogP contribution in [-0.4, -0.2) is 63.9 Å². The standard InChI is InChI=1S/C16H26N6O5/c1-3-9(2)14(16(27)20-7-13(24)25)22-12(23)6-19-15(26)11(17)4-10-5-18-8-21-10/h5,8-9,11,14H,3-4,6-7,17H2,1-2H3,(H,18,21)(H,19,26)(H,20,27)(H,22,23)(H,24,25). The molecule has 3 amide bonds. The fourth-order valence-electron chi connectivity index (χ4n) is 2.22. The topological polar surface area (TPSA) is 179 Å². The summed E-state index contributed by atoms with van der Waals surface area (Å²) in [4.78, 5) is 53.4. The number of aromatic amines is 1. The zero-order chi connectivity index (χ0) is 20.4. The van der Waals surface area contributed by atoms with E-state index < -0.39 is 42.3 Å². The Morgan fingerprint density at radius 2 is 1.89 bits per heavy atom. The maximum absolute atomic E-state index is 12.1. The van der Waals surface area contributed by atoms with Crippen LogP contribution in [0.1, 0.15) is 26.0 Å². The Labute approximate surface area is 156 Å². The maximum atomic E-state index is 12.1. The quantitative estimate of drug-likeness (QED) is 0.259. The van der Waals surface area contributed by atoms with Crippen molar-refractivity contribution >= 4 is 23.7 Å². The number of carbonyl (C=O) groups excluding carboxylic acids is 3. The molecule has 3 atom stereocenters. The van der Waals surface area contributed by atoms with Gasteiger partial charge in [0.05, 0.1) is 18.9 Å². The number of aromatic nitrogens is 2. The molecule has 0 spiro atoms. The van der Waals surface area contributed by atoms with Crippen LogP contribution >= 0.6 is 0 Å². The molecule has 1 aromatic heterocycles. The molecule has 1 aromatic rings. The molecule has 150 valence electrons. The van der Waals surface area contributed by atoms with Crippen LogP contribution in [0.15, 0.2) is 12.5 Å². The Balaban J connectivity index is 2.51. The van der Waals surface area contributed by atoms with Crippen molar-refractivity contribution in [1.29, 1.82) is 0 Å². The number of aliphatic carboxylic acids is 1. The van der Waals surface area contributed by atoms with Crippen LogP contribution in [0.3, 0.4) is 0 Å². The number of imidazole rings is 1. The number of hydrogen-bond donors (Lipinski definition) is 6. The molecule has 7 N–H and O–H groups in total. The Hall–Kier alpha value is -2.95. The third-order valence-electron chi connectivity index (χ3n) is 3.98. The molecule has 0 saturated carbocycles.